The lowest BCUT2D eigenvalue weighted by Crippen LogP contribution is -2.24. The van der Waals surface area contributed by atoms with Gasteiger partial charge in [0.25, 0.3) is 0 Å². The number of amides is 1. The van der Waals surface area contributed by atoms with Crippen molar-refractivity contribution in [2.75, 3.05) is 18.5 Å². The molecule has 0 unspecified atom stereocenters. The van der Waals surface area contributed by atoms with E-state index in [2.05, 4.69) is 24.5 Å². The Morgan fingerprint density at radius 1 is 1.30 bits per heavy atom. The molecular formula is C16H26N2O2. The predicted molar refractivity (Wildman–Crippen MR) is 82.8 cm³/mol. The molecule has 2 N–H and O–H groups in total. The molecule has 0 aliphatic rings. The van der Waals surface area contributed by atoms with Gasteiger partial charge >= 0.3 is 0 Å². The molecule has 0 saturated heterocycles. The molecule has 0 atom stereocenters. The van der Waals surface area contributed by atoms with Crippen LogP contribution < -0.4 is 10.6 Å². The molecule has 0 bridgehead atoms. The molecule has 0 spiro atoms. The fourth-order valence-corrected chi connectivity index (χ4v) is 1.83. The van der Waals surface area contributed by atoms with Crippen molar-refractivity contribution in [1.29, 1.82) is 0 Å². The van der Waals surface area contributed by atoms with E-state index in [1.165, 1.54) is 0 Å². The lowest BCUT2D eigenvalue weighted by atomic mass is 10.2. The minimum Gasteiger partial charge on any atom is -0.377 e. The minimum atomic E-state index is 0.0551. The highest BCUT2D eigenvalue weighted by Gasteiger charge is 2.06. The van der Waals surface area contributed by atoms with Crippen LogP contribution in [0.2, 0.25) is 0 Å². The second-order valence-electron chi connectivity index (χ2n) is 5.05. The van der Waals surface area contributed by atoms with Crippen molar-refractivity contribution in [3.63, 3.8) is 0 Å². The summed E-state index contributed by atoms with van der Waals surface area (Å²) in [7, 11) is 0. The van der Waals surface area contributed by atoms with Gasteiger partial charge in [0.1, 0.15) is 0 Å². The predicted octanol–water partition coefficient (Wildman–Crippen LogP) is 2.94. The van der Waals surface area contributed by atoms with Crippen LogP contribution >= 0.6 is 0 Å². The molecule has 0 aliphatic heterocycles. The standard InChI is InChI=1S/C16H26N2O2/c1-4-20-12-14-8-5-6-9-15(14)18-16(19)10-7-11-17-13(2)3/h5-6,8-9,13,17H,4,7,10-12H2,1-3H3,(H,18,19). The first-order valence-electron chi connectivity index (χ1n) is 7.32. The molecule has 0 heterocycles. The van der Waals surface area contributed by atoms with Crippen molar-refractivity contribution in [2.24, 2.45) is 0 Å². The fourth-order valence-electron chi connectivity index (χ4n) is 1.83. The summed E-state index contributed by atoms with van der Waals surface area (Å²) in [6.45, 7) is 8.23. The van der Waals surface area contributed by atoms with Gasteiger partial charge in [-0.05, 0) is 26.0 Å². The van der Waals surface area contributed by atoms with Crippen LogP contribution in [0.3, 0.4) is 0 Å². The summed E-state index contributed by atoms with van der Waals surface area (Å²) in [6.07, 6.45) is 1.38. The van der Waals surface area contributed by atoms with Gasteiger partial charge in [-0.3, -0.25) is 4.79 Å². The summed E-state index contributed by atoms with van der Waals surface area (Å²) in [5.74, 6) is 0.0551. The van der Waals surface area contributed by atoms with E-state index in [9.17, 15) is 4.79 Å². The lowest BCUT2D eigenvalue weighted by Gasteiger charge is -2.11. The topological polar surface area (TPSA) is 50.4 Å². The number of anilines is 1. The molecule has 0 aromatic heterocycles. The van der Waals surface area contributed by atoms with Crippen molar-refractivity contribution in [3.8, 4) is 0 Å². The summed E-state index contributed by atoms with van der Waals surface area (Å²) >= 11 is 0. The van der Waals surface area contributed by atoms with Crippen molar-refractivity contribution in [3.05, 3.63) is 29.8 Å². The van der Waals surface area contributed by atoms with E-state index in [0.717, 1.165) is 24.2 Å². The van der Waals surface area contributed by atoms with Crippen molar-refractivity contribution in [1.82, 2.24) is 5.32 Å². The Kier molecular flexibility index (Phi) is 7.92. The van der Waals surface area contributed by atoms with Gasteiger partial charge in [0.05, 0.1) is 6.61 Å². The molecule has 0 saturated carbocycles. The molecule has 0 aliphatic carbocycles. The first-order chi connectivity index (χ1) is 9.63. The van der Waals surface area contributed by atoms with Crippen molar-refractivity contribution in [2.45, 2.75) is 46.3 Å². The van der Waals surface area contributed by atoms with Gasteiger partial charge in [-0.15, -0.1) is 0 Å². The third-order valence-corrected chi connectivity index (χ3v) is 2.89. The Hall–Kier alpha value is -1.39. The second-order valence-corrected chi connectivity index (χ2v) is 5.05. The minimum absolute atomic E-state index is 0.0551. The highest BCUT2D eigenvalue weighted by Crippen LogP contribution is 2.16. The van der Waals surface area contributed by atoms with Crippen LogP contribution in [0.15, 0.2) is 24.3 Å². The number of carbonyl (C=O) groups excluding carboxylic acids is 1. The molecular weight excluding hydrogens is 252 g/mol. The van der Waals surface area contributed by atoms with Crippen LogP contribution in [-0.4, -0.2) is 25.1 Å². The molecule has 1 aromatic rings. The number of hydrogen-bond acceptors (Lipinski definition) is 3. The summed E-state index contributed by atoms with van der Waals surface area (Å²) in [5.41, 5.74) is 1.87. The summed E-state index contributed by atoms with van der Waals surface area (Å²) in [4.78, 5) is 11.9. The highest BCUT2D eigenvalue weighted by atomic mass is 16.5. The molecule has 1 rings (SSSR count). The van der Waals surface area contributed by atoms with Gasteiger partial charge in [0.2, 0.25) is 5.91 Å². The number of hydrogen-bond donors (Lipinski definition) is 2. The molecule has 4 heteroatoms. The Morgan fingerprint density at radius 3 is 2.75 bits per heavy atom. The zero-order valence-electron chi connectivity index (χ0n) is 12.7. The number of para-hydroxylation sites is 1. The van der Waals surface area contributed by atoms with Gasteiger partial charge in [0.15, 0.2) is 0 Å². The van der Waals surface area contributed by atoms with E-state index in [4.69, 9.17) is 4.74 Å². The Bertz CT molecular complexity index is 405. The van der Waals surface area contributed by atoms with Crippen LogP contribution in [0.4, 0.5) is 5.69 Å². The number of rotatable bonds is 9. The third kappa shape index (κ3) is 6.68. The van der Waals surface area contributed by atoms with Gasteiger partial charge in [-0.25, -0.2) is 0 Å². The summed E-state index contributed by atoms with van der Waals surface area (Å²) < 4.78 is 5.41. The van der Waals surface area contributed by atoms with Crippen LogP contribution in [0.25, 0.3) is 0 Å². The Labute approximate surface area is 121 Å². The zero-order chi connectivity index (χ0) is 14.8. The maximum Gasteiger partial charge on any atom is 0.224 e. The molecule has 112 valence electrons. The Balaban J connectivity index is 2.41. The molecule has 0 fully saturated rings. The van der Waals surface area contributed by atoms with Gasteiger partial charge in [0, 0.05) is 30.3 Å². The quantitative estimate of drug-likeness (QED) is 0.683. The molecule has 1 amide bonds. The van der Waals surface area contributed by atoms with Gasteiger partial charge in [-0.1, -0.05) is 32.0 Å². The zero-order valence-corrected chi connectivity index (χ0v) is 12.7. The maximum absolute atomic E-state index is 11.9. The number of ether oxygens (including phenoxy) is 1. The van der Waals surface area contributed by atoms with Crippen molar-refractivity contribution >= 4 is 11.6 Å². The lowest BCUT2D eigenvalue weighted by molar-refractivity contribution is -0.116. The first kappa shape index (κ1) is 16.7. The first-order valence-corrected chi connectivity index (χ1v) is 7.32. The highest BCUT2D eigenvalue weighted by molar-refractivity contribution is 5.91. The monoisotopic (exact) mass is 278 g/mol. The number of nitrogens with one attached hydrogen (secondary N) is 2. The van der Waals surface area contributed by atoms with Crippen LogP contribution in [0.1, 0.15) is 39.2 Å². The SMILES string of the molecule is CCOCc1ccccc1NC(=O)CCCNC(C)C. The molecule has 4 nitrogen and oxygen atoms in total. The van der Waals surface area contributed by atoms with Crippen molar-refractivity contribution < 1.29 is 9.53 Å². The average molecular weight is 278 g/mol. The average Bonchev–Trinajstić information content (AvgIpc) is 2.42. The summed E-state index contributed by atoms with van der Waals surface area (Å²) in [5, 5.41) is 6.26. The van der Waals surface area contributed by atoms with Crippen LogP contribution in [0.5, 0.6) is 0 Å². The largest absolute Gasteiger partial charge is 0.377 e. The third-order valence-electron chi connectivity index (χ3n) is 2.89. The maximum atomic E-state index is 11.9. The Morgan fingerprint density at radius 2 is 2.05 bits per heavy atom. The van der Waals surface area contributed by atoms with E-state index in [-0.39, 0.29) is 5.91 Å². The normalized spacial score (nSPS) is 10.8. The van der Waals surface area contributed by atoms with Crippen LogP contribution in [-0.2, 0) is 16.1 Å². The smallest absolute Gasteiger partial charge is 0.224 e. The van der Waals surface area contributed by atoms with Crippen LogP contribution in [0, 0.1) is 0 Å². The molecule has 20 heavy (non-hydrogen) atoms. The molecule has 1 aromatic carbocycles. The fraction of sp³-hybridized carbons (Fsp3) is 0.562. The molecule has 0 radical (unpaired) electrons. The van der Waals surface area contributed by atoms with E-state index in [1.54, 1.807) is 0 Å². The van der Waals surface area contributed by atoms with E-state index in [0.29, 0.717) is 25.7 Å². The van der Waals surface area contributed by atoms with Gasteiger partial charge in [-0.2, -0.15) is 0 Å². The second kappa shape index (κ2) is 9.50. The van der Waals surface area contributed by atoms with E-state index >= 15 is 0 Å². The van der Waals surface area contributed by atoms with Gasteiger partial charge < -0.3 is 15.4 Å². The summed E-state index contributed by atoms with van der Waals surface area (Å²) in [6, 6.07) is 8.23. The number of carbonyl (C=O) groups is 1. The van der Waals surface area contributed by atoms with E-state index in [1.807, 2.05) is 31.2 Å². The van der Waals surface area contributed by atoms with E-state index < -0.39 is 0 Å². The number of benzene rings is 1.